The van der Waals surface area contributed by atoms with Crippen LogP contribution in [-0.4, -0.2) is 20.4 Å². The first-order valence-corrected chi connectivity index (χ1v) is 26.1. The average Bonchev–Trinajstić information content (AvgIpc) is 4.30. The van der Waals surface area contributed by atoms with Gasteiger partial charge in [0, 0.05) is 60.8 Å². The lowest BCUT2D eigenvalue weighted by Gasteiger charge is -2.34. The highest BCUT2D eigenvalue weighted by atomic mass is 15.1. The summed E-state index contributed by atoms with van der Waals surface area (Å²) in [5.74, 6) is 0. The van der Waals surface area contributed by atoms with Crippen LogP contribution in [0.2, 0.25) is 0 Å². The maximum atomic E-state index is 2.66. The Morgan fingerprint density at radius 3 is 1.24 bits per heavy atom. The van der Waals surface area contributed by atoms with E-state index < -0.39 is 0 Å². The van der Waals surface area contributed by atoms with Crippen molar-refractivity contribution in [3.63, 3.8) is 0 Å². The Morgan fingerprint density at radius 1 is 0.280 bits per heavy atom. The number of anilines is 3. The van der Waals surface area contributed by atoms with Crippen molar-refractivity contribution in [1.29, 1.82) is 0 Å². The Labute approximate surface area is 430 Å². The lowest BCUT2D eigenvalue weighted by Crippen LogP contribution is -2.59. The number of benzene rings is 13. The molecule has 0 aliphatic carbocycles. The van der Waals surface area contributed by atoms with Gasteiger partial charge in [-0.05, 0) is 132 Å². The number of aromatic nitrogens is 3. The van der Waals surface area contributed by atoms with Crippen molar-refractivity contribution < 1.29 is 0 Å². The summed E-state index contributed by atoms with van der Waals surface area (Å²) in [5.41, 5.74) is 18.4. The van der Waals surface area contributed by atoms with E-state index in [4.69, 9.17) is 0 Å². The molecule has 344 valence electrons. The van der Waals surface area contributed by atoms with Crippen molar-refractivity contribution in [2.24, 2.45) is 0 Å². The Hall–Kier alpha value is -9.84. The molecule has 0 saturated carbocycles. The second kappa shape index (κ2) is 14.4. The summed E-state index contributed by atoms with van der Waals surface area (Å²) in [5, 5.41) is 17.9. The summed E-state index contributed by atoms with van der Waals surface area (Å²) in [6.45, 7) is -0.0444. The molecule has 3 aromatic heterocycles. The van der Waals surface area contributed by atoms with Gasteiger partial charge in [0.05, 0.1) is 38.8 Å². The second-order valence-corrected chi connectivity index (χ2v) is 20.7. The molecule has 0 N–H and O–H groups in total. The minimum atomic E-state index is -0.0444. The van der Waals surface area contributed by atoms with E-state index in [1.165, 1.54) is 131 Å². The number of hydrogen-bond donors (Lipinski definition) is 0. The molecule has 5 heterocycles. The molecule has 13 aromatic carbocycles. The molecule has 0 spiro atoms. The molecule has 0 unspecified atom stereocenters. The first-order chi connectivity index (χ1) is 37.2. The van der Waals surface area contributed by atoms with E-state index in [9.17, 15) is 0 Å². The smallest absolute Gasteiger partial charge is 0.252 e. The molecular formula is C70H41BN4. The van der Waals surface area contributed by atoms with Crippen LogP contribution in [0.5, 0.6) is 0 Å². The van der Waals surface area contributed by atoms with Crippen molar-refractivity contribution >= 4 is 149 Å². The fourth-order valence-electron chi connectivity index (χ4n) is 14.2. The summed E-state index contributed by atoms with van der Waals surface area (Å²) in [6, 6.07) is 93.3. The van der Waals surface area contributed by atoms with Crippen LogP contribution in [0.1, 0.15) is 0 Å². The lowest BCUT2D eigenvalue weighted by molar-refractivity contribution is 1.10. The molecule has 16 aromatic rings. The average molecular weight is 949 g/mol. The summed E-state index contributed by atoms with van der Waals surface area (Å²) < 4.78 is 7.86. The summed E-state index contributed by atoms with van der Waals surface area (Å²) in [6.07, 6.45) is 0. The quantitative estimate of drug-likeness (QED) is 0.161. The predicted octanol–water partition coefficient (Wildman–Crippen LogP) is 16.2. The topological polar surface area (TPSA) is 18.0 Å². The Morgan fingerprint density at radius 2 is 0.707 bits per heavy atom. The van der Waals surface area contributed by atoms with E-state index in [1.807, 2.05) is 0 Å². The van der Waals surface area contributed by atoms with E-state index in [0.717, 1.165) is 28.3 Å². The Kier molecular flexibility index (Phi) is 7.65. The third-order valence-electron chi connectivity index (χ3n) is 17.1. The standard InChI is InChI=1S/C70H41BN4/c1-3-21-46(22-4-1)72(47-23-5-2-6-24-47)48-33-36-59-55(39-48)54-29-15-16-30-58(54)73(59)49-40-62-68-63(41-49)75-61-35-32-43-18-8-12-26-51(43)65(61)67-53-28-14-10-20-45(53)38-57(70(67)75)71(68)56-37-44-19-9-13-27-52(44)66-64-50-25-11-7-17-42(50)31-34-60(64)74(62)69(56)66/h1-41H. The van der Waals surface area contributed by atoms with Crippen LogP contribution in [0.3, 0.4) is 0 Å². The van der Waals surface area contributed by atoms with Gasteiger partial charge in [-0.3, -0.25) is 0 Å². The normalized spacial score (nSPS) is 12.8. The highest BCUT2D eigenvalue weighted by Gasteiger charge is 2.42. The van der Waals surface area contributed by atoms with Crippen LogP contribution in [0.4, 0.5) is 17.1 Å². The molecule has 0 atom stereocenters. The maximum absolute atomic E-state index is 2.66. The summed E-state index contributed by atoms with van der Waals surface area (Å²) >= 11 is 0. The molecule has 2 aliphatic rings. The Bertz CT molecular complexity index is 4940. The largest absolute Gasteiger partial charge is 0.310 e. The van der Waals surface area contributed by atoms with Crippen LogP contribution in [0, 0.1) is 0 Å². The van der Waals surface area contributed by atoms with Gasteiger partial charge in [-0.25, -0.2) is 0 Å². The van der Waals surface area contributed by atoms with Crippen molar-refractivity contribution in [2.75, 3.05) is 4.90 Å². The van der Waals surface area contributed by atoms with Crippen molar-refractivity contribution in [3.8, 4) is 17.1 Å². The van der Waals surface area contributed by atoms with Gasteiger partial charge in [-0.2, -0.15) is 0 Å². The van der Waals surface area contributed by atoms with Gasteiger partial charge in [0.25, 0.3) is 6.71 Å². The minimum Gasteiger partial charge on any atom is -0.310 e. The van der Waals surface area contributed by atoms with Crippen molar-refractivity contribution in [3.05, 3.63) is 249 Å². The van der Waals surface area contributed by atoms with Gasteiger partial charge in [-0.1, -0.05) is 176 Å². The lowest BCUT2D eigenvalue weighted by atomic mass is 9.34. The summed E-state index contributed by atoms with van der Waals surface area (Å²) in [4.78, 5) is 2.37. The predicted molar refractivity (Wildman–Crippen MR) is 319 cm³/mol. The zero-order valence-corrected chi connectivity index (χ0v) is 40.5. The SMILES string of the molecule is c1ccc(N(c2ccccc2)c2ccc3c(c2)c2ccccc2n3-c2cc3c4c(c2)-n2c5ccc6ccccc6c5c5c6ccccc6cc(c52)B4c2cc4ccccc4c4c5c6ccccc6ccc5n-3c24)cc1. The minimum absolute atomic E-state index is 0.0444. The van der Waals surface area contributed by atoms with Gasteiger partial charge in [-0.15, -0.1) is 0 Å². The van der Waals surface area contributed by atoms with Crippen LogP contribution in [0.25, 0.3) is 126 Å². The van der Waals surface area contributed by atoms with E-state index in [0.29, 0.717) is 0 Å². The van der Waals surface area contributed by atoms with Gasteiger partial charge in [0.2, 0.25) is 0 Å². The third kappa shape index (κ3) is 5.12. The molecule has 75 heavy (non-hydrogen) atoms. The Balaban J connectivity index is 1.03. The number of hydrogen-bond acceptors (Lipinski definition) is 1. The van der Waals surface area contributed by atoms with E-state index in [2.05, 4.69) is 267 Å². The van der Waals surface area contributed by atoms with E-state index in [-0.39, 0.29) is 6.71 Å². The molecule has 0 amide bonds. The molecule has 0 fully saturated rings. The van der Waals surface area contributed by atoms with Crippen LogP contribution in [-0.2, 0) is 0 Å². The molecule has 2 aliphatic heterocycles. The monoisotopic (exact) mass is 948 g/mol. The number of fused-ring (bicyclic) bond motifs is 21. The molecule has 4 nitrogen and oxygen atoms in total. The van der Waals surface area contributed by atoms with Gasteiger partial charge in [0.15, 0.2) is 0 Å². The highest BCUT2D eigenvalue weighted by molar-refractivity contribution is 7.00. The summed E-state index contributed by atoms with van der Waals surface area (Å²) in [7, 11) is 0. The molecule has 0 saturated heterocycles. The van der Waals surface area contributed by atoms with E-state index >= 15 is 0 Å². The molecule has 18 rings (SSSR count). The zero-order chi connectivity index (χ0) is 48.6. The zero-order valence-electron chi connectivity index (χ0n) is 40.5. The second-order valence-electron chi connectivity index (χ2n) is 20.7. The van der Waals surface area contributed by atoms with Crippen LogP contribution < -0.4 is 21.3 Å². The fraction of sp³-hybridized carbons (Fsp3) is 0. The van der Waals surface area contributed by atoms with Gasteiger partial charge in [0.1, 0.15) is 0 Å². The van der Waals surface area contributed by atoms with Crippen LogP contribution >= 0.6 is 0 Å². The van der Waals surface area contributed by atoms with E-state index in [1.54, 1.807) is 0 Å². The van der Waals surface area contributed by atoms with Crippen molar-refractivity contribution in [1.82, 2.24) is 13.7 Å². The first-order valence-electron chi connectivity index (χ1n) is 26.1. The fourth-order valence-corrected chi connectivity index (χ4v) is 14.2. The third-order valence-corrected chi connectivity index (χ3v) is 17.1. The van der Waals surface area contributed by atoms with Crippen LogP contribution in [0.15, 0.2) is 249 Å². The number of nitrogens with zero attached hydrogens (tertiary/aromatic N) is 4. The molecule has 0 bridgehead atoms. The van der Waals surface area contributed by atoms with Crippen molar-refractivity contribution in [2.45, 2.75) is 0 Å². The first kappa shape index (κ1) is 39.7. The molecule has 5 heteroatoms. The highest BCUT2D eigenvalue weighted by Crippen LogP contribution is 2.47. The number of rotatable bonds is 4. The molecular weight excluding hydrogens is 908 g/mol. The van der Waals surface area contributed by atoms with Gasteiger partial charge >= 0.3 is 0 Å². The number of para-hydroxylation sites is 3. The molecule has 0 radical (unpaired) electrons. The maximum Gasteiger partial charge on any atom is 0.252 e. The van der Waals surface area contributed by atoms with Gasteiger partial charge < -0.3 is 18.6 Å².